The maximum Gasteiger partial charge on any atom is 0.317 e. The molecule has 0 aromatic carbocycles. The zero-order valence-corrected chi connectivity index (χ0v) is 11.0. The monoisotopic (exact) mass is 239 g/mol. The van der Waals surface area contributed by atoms with E-state index in [4.69, 9.17) is 0 Å². The Morgan fingerprint density at radius 3 is 2.88 bits per heavy atom. The number of nitrogens with one attached hydrogen (secondary N) is 1. The normalized spacial score (nSPS) is 27.0. The maximum absolute atomic E-state index is 11.5. The molecule has 98 valence electrons. The molecule has 4 heteroatoms. The number of amides is 2. The highest BCUT2D eigenvalue weighted by Gasteiger charge is 2.20. The molecule has 2 heterocycles. The molecule has 0 spiro atoms. The smallest absolute Gasteiger partial charge is 0.317 e. The van der Waals surface area contributed by atoms with Crippen LogP contribution in [0.4, 0.5) is 4.79 Å². The summed E-state index contributed by atoms with van der Waals surface area (Å²) in [7, 11) is 0. The number of carbonyl (C=O) groups is 1. The van der Waals surface area contributed by atoms with Crippen molar-refractivity contribution in [3.05, 3.63) is 0 Å². The molecule has 0 bridgehead atoms. The topological polar surface area (TPSA) is 35.6 Å². The Hall–Kier alpha value is -0.770. The average molecular weight is 239 g/mol. The van der Waals surface area contributed by atoms with Crippen LogP contribution in [-0.4, -0.2) is 54.6 Å². The van der Waals surface area contributed by atoms with E-state index in [0.29, 0.717) is 0 Å². The Morgan fingerprint density at radius 2 is 2.12 bits per heavy atom. The fourth-order valence-electron chi connectivity index (χ4n) is 2.85. The summed E-state index contributed by atoms with van der Waals surface area (Å²) >= 11 is 0. The standard InChI is InChI=1S/C13H25N3O/c1-12-6-2-3-8-15(12)10-5-11-16-9-4-7-14-13(16)17/h12H,2-11H2,1H3,(H,14,17). The molecule has 0 saturated carbocycles. The third-order valence-corrected chi connectivity index (χ3v) is 3.98. The third kappa shape index (κ3) is 3.60. The fraction of sp³-hybridized carbons (Fsp3) is 0.923. The van der Waals surface area contributed by atoms with Gasteiger partial charge < -0.3 is 15.1 Å². The molecule has 17 heavy (non-hydrogen) atoms. The molecule has 1 N–H and O–H groups in total. The summed E-state index contributed by atoms with van der Waals surface area (Å²) < 4.78 is 0. The van der Waals surface area contributed by atoms with Crippen LogP contribution < -0.4 is 5.32 Å². The maximum atomic E-state index is 11.5. The van der Waals surface area contributed by atoms with Crippen molar-refractivity contribution in [2.24, 2.45) is 0 Å². The lowest BCUT2D eigenvalue weighted by molar-refractivity contribution is 0.147. The Kier molecular flexibility index (Phi) is 4.66. The second-order valence-electron chi connectivity index (χ2n) is 5.31. The predicted octanol–water partition coefficient (Wildman–Crippen LogP) is 1.67. The first kappa shape index (κ1) is 12.7. The second-order valence-corrected chi connectivity index (χ2v) is 5.31. The Bertz CT molecular complexity index is 257. The highest BCUT2D eigenvalue weighted by atomic mass is 16.2. The summed E-state index contributed by atoms with van der Waals surface area (Å²) in [5.74, 6) is 0. The van der Waals surface area contributed by atoms with E-state index in [9.17, 15) is 4.79 Å². The van der Waals surface area contributed by atoms with Gasteiger partial charge in [-0.15, -0.1) is 0 Å². The van der Waals surface area contributed by atoms with Gasteiger partial charge in [0.25, 0.3) is 0 Å². The SMILES string of the molecule is CC1CCCCN1CCCN1CCCNC1=O. The molecule has 1 atom stereocenters. The molecule has 0 radical (unpaired) electrons. The molecule has 0 aromatic heterocycles. The van der Waals surface area contributed by atoms with Gasteiger partial charge in [-0.2, -0.15) is 0 Å². The molecule has 2 amide bonds. The molecule has 2 aliphatic rings. The van der Waals surface area contributed by atoms with Gasteiger partial charge in [0.1, 0.15) is 0 Å². The molecular formula is C13H25N3O. The number of hydrogen-bond acceptors (Lipinski definition) is 2. The lowest BCUT2D eigenvalue weighted by atomic mass is 10.0. The van der Waals surface area contributed by atoms with Gasteiger partial charge >= 0.3 is 6.03 Å². The minimum atomic E-state index is 0.128. The van der Waals surface area contributed by atoms with Crippen molar-refractivity contribution in [3.63, 3.8) is 0 Å². The number of hydrogen-bond donors (Lipinski definition) is 1. The molecule has 2 saturated heterocycles. The lowest BCUT2D eigenvalue weighted by Crippen LogP contribution is -2.47. The average Bonchev–Trinajstić information content (AvgIpc) is 2.34. The van der Waals surface area contributed by atoms with Gasteiger partial charge in [-0.05, 0) is 39.2 Å². The summed E-state index contributed by atoms with van der Waals surface area (Å²) in [6, 6.07) is 0.863. The van der Waals surface area contributed by atoms with Crippen molar-refractivity contribution in [2.45, 2.75) is 45.1 Å². The van der Waals surface area contributed by atoms with Crippen molar-refractivity contribution in [3.8, 4) is 0 Å². The fourth-order valence-corrected chi connectivity index (χ4v) is 2.85. The van der Waals surface area contributed by atoms with E-state index in [0.717, 1.165) is 45.1 Å². The number of piperidine rings is 1. The van der Waals surface area contributed by atoms with Crippen molar-refractivity contribution in [2.75, 3.05) is 32.7 Å². The first-order chi connectivity index (χ1) is 8.27. The van der Waals surface area contributed by atoms with Crippen LogP contribution in [0.15, 0.2) is 0 Å². The van der Waals surface area contributed by atoms with Crippen LogP contribution in [0.5, 0.6) is 0 Å². The Labute approximate surface area is 104 Å². The van der Waals surface area contributed by atoms with Crippen molar-refractivity contribution in [1.29, 1.82) is 0 Å². The molecule has 1 unspecified atom stereocenters. The van der Waals surface area contributed by atoms with E-state index in [1.807, 2.05) is 4.90 Å². The van der Waals surface area contributed by atoms with Gasteiger partial charge in [0.05, 0.1) is 0 Å². The van der Waals surface area contributed by atoms with Crippen molar-refractivity contribution < 1.29 is 4.79 Å². The first-order valence-electron chi connectivity index (χ1n) is 7.04. The van der Waals surface area contributed by atoms with E-state index in [2.05, 4.69) is 17.1 Å². The van der Waals surface area contributed by atoms with Crippen LogP contribution in [0.2, 0.25) is 0 Å². The minimum absolute atomic E-state index is 0.128. The van der Waals surface area contributed by atoms with Gasteiger partial charge in [0, 0.05) is 32.2 Å². The summed E-state index contributed by atoms with van der Waals surface area (Å²) in [6.07, 6.45) is 6.26. The third-order valence-electron chi connectivity index (χ3n) is 3.98. The molecule has 2 aliphatic heterocycles. The number of likely N-dealkylation sites (tertiary alicyclic amines) is 1. The van der Waals surface area contributed by atoms with Gasteiger partial charge in [-0.1, -0.05) is 6.42 Å². The van der Waals surface area contributed by atoms with Crippen molar-refractivity contribution in [1.82, 2.24) is 15.1 Å². The molecule has 4 nitrogen and oxygen atoms in total. The number of carbonyl (C=O) groups excluding carboxylic acids is 1. The summed E-state index contributed by atoms with van der Waals surface area (Å²) in [6.45, 7) is 7.40. The van der Waals surface area contributed by atoms with E-state index in [1.165, 1.54) is 25.8 Å². The largest absolute Gasteiger partial charge is 0.338 e. The lowest BCUT2D eigenvalue weighted by Gasteiger charge is -2.34. The summed E-state index contributed by atoms with van der Waals surface area (Å²) in [5.41, 5.74) is 0. The molecular weight excluding hydrogens is 214 g/mol. The minimum Gasteiger partial charge on any atom is -0.338 e. The van der Waals surface area contributed by atoms with Crippen LogP contribution in [0, 0.1) is 0 Å². The summed E-state index contributed by atoms with van der Waals surface area (Å²) in [5, 5.41) is 2.90. The second kappa shape index (κ2) is 6.24. The highest BCUT2D eigenvalue weighted by molar-refractivity contribution is 5.74. The van der Waals surface area contributed by atoms with Crippen molar-refractivity contribution >= 4 is 6.03 Å². The van der Waals surface area contributed by atoms with Crippen LogP contribution in [0.1, 0.15) is 39.0 Å². The number of rotatable bonds is 4. The van der Waals surface area contributed by atoms with Crippen LogP contribution in [0.3, 0.4) is 0 Å². The zero-order valence-electron chi connectivity index (χ0n) is 11.0. The van der Waals surface area contributed by atoms with Gasteiger partial charge in [-0.3, -0.25) is 0 Å². The van der Waals surface area contributed by atoms with Gasteiger partial charge in [0.2, 0.25) is 0 Å². The molecule has 0 aromatic rings. The zero-order chi connectivity index (χ0) is 12.1. The van der Waals surface area contributed by atoms with Gasteiger partial charge in [0.15, 0.2) is 0 Å². The first-order valence-corrected chi connectivity index (χ1v) is 7.04. The van der Waals surface area contributed by atoms with Crippen LogP contribution in [0.25, 0.3) is 0 Å². The van der Waals surface area contributed by atoms with E-state index in [-0.39, 0.29) is 6.03 Å². The quantitative estimate of drug-likeness (QED) is 0.810. The summed E-state index contributed by atoms with van der Waals surface area (Å²) in [4.78, 5) is 16.1. The number of urea groups is 1. The number of nitrogens with zero attached hydrogens (tertiary/aromatic N) is 2. The Morgan fingerprint density at radius 1 is 1.24 bits per heavy atom. The van der Waals surface area contributed by atoms with Crippen LogP contribution in [-0.2, 0) is 0 Å². The molecule has 2 fully saturated rings. The van der Waals surface area contributed by atoms with E-state index in [1.54, 1.807) is 0 Å². The molecule has 2 rings (SSSR count). The van der Waals surface area contributed by atoms with E-state index < -0.39 is 0 Å². The van der Waals surface area contributed by atoms with Gasteiger partial charge in [-0.25, -0.2) is 4.79 Å². The molecule has 0 aliphatic carbocycles. The van der Waals surface area contributed by atoms with E-state index >= 15 is 0 Å². The van der Waals surface area contributed by atoms with Crippen LogP contribution >= 0.6 is 0 Å². The highest BCUT2D eigenvalue weighted by Crippen LogP contribution is 2.16. The predicted molar refractivity (Wildman–Crippen MR) is 69.1 cm³/mol. The Balaban J connectivity index is 1.66.